The number of hydrogen-bond acceptors (Lipinski definition) is 2. The summed E-state index contributed by atoms with van der Waals surface area (Å²) in [6, 6.07) is 18.1. The SMILES string of the molecule is CCN1C(=O)c2ccccc2[C@@H]1[C@]1(c2ccccc2)CO1. The second kappa shape index (κ2) is 4.43. The van der Waals surface area contributed by atoms with Crippen LogP contribution in [0.25, 0.3) is 0 Å². The minimum Gasteiger partial charge on any atom is -0.362 e. The number of likely N-dealkylation sites (N-methyl/N-ethyl adjacent to an activating group) is 1. The maximum atomic E-state index is 12.6. The van der Waals surface area contributed by atoms with Crippen molar-refractivity contribution < 1.29 is 9.53 Å². The first-order valence-corrected chi connectivity index (χ1v) is 7.37. The summed E-state index contributed by atoms with van der Waals surface area (Å²) < 4.78 is 5.91. The van der Waals surface area contributed by atoms with Crippen LogP contribution >= 0.6 is 0 Å². The van der Waals surface area contributed by atoms with E-state index in [1.54, 1.807) is 0 Å². The lowest BCUT2D eigenvalue weighted by molar-refractivity contribution is 0.0629. The van der Waals surface area contributed by atoms with Crippen LogP contribution in [0.4, 0.5) is 0 Å². The van der Waals surface area contributed by atoms with Crippen molar-refractivity contribution in [3.8, 4) is 0 Å². The smallest absolute Gasteiger partial charge is 0.254 e. The van der Waals surface area contributed by atoms with Gasteiger partial charge in [0.25, 0.3) is 5.91 Å². The number of nitrogens with zero attached hydrogens (tertiary/aromatic N) is 1. The molecule has 0 N–H and O–H groups in total. The molecule has 0 aliphatic carbocycles. The number of benzene rings is 2. The van der Waals surface area contributed by atoms with Crippen LogP contribution in [-0.4, -0.2) is 24.0 Å². The predicted octanol–water partition coefficient (Wildman–Crippen LogP) is 3.13. The molecule has 0 bridgehead atoms. The molecule has 4 rings (SSSR count). The zero-order chi connectivity index (χ0) is 14.4. The summed E-state index contributed by atoms with van der Waals surface area (Å²) in [5.74, 6) is 0.115. The first kappa shape index (κ1) is 12.6. The standard InChI is InChI=1S/C18H17NO2/c1-2-19-16(14-10-6-7-11-15(14)17(19)20)18(12-21-18)13-8-4-3-5-9-13/h3-11,16H,2,12H2,1H3/t16-,18-/m1/s1. The molecule has 21 heavy (non-hydrogen) atoms. The van der Waals surface area contributed by atoms with Crippen LogP contribution in [0.3, 0.4) is 0 Å². The Kier molecular flexibility index (Phi) is 2.66. The van der Waals surface area contributed by atoms with Gasteiger partial charge in [-0.3, -0.25) is 4.79 Å². The Labute approximate surface area is 124 Å². The van der Waals surface area contributed by atoms with Crippen molar-refractivity contribution >= 4 is 5.91 Å². The molecule has 0 aromatic heterocycles. The highest BCUT2D eigenvalue weighted by molar-refractivity contribution is 5.99. The van der Waals surface area contributed by atoms with Gasteiger partial charge in [0.15, 0.2) is 0 Å². The topological polar surface area (TPSA) is 32.8 Å². The Morgan fingerprint density at radius 3 is 2.48 bits per heavy atom. The molecule has 2 heterocycles. The number of epoxide rings is 1. The summed E-state index contributed by atoms with van der Waals surface area (Å²) in [6.07, 6.45) is 0. The molecule has 2 atom stereocenters. The predicted molar refractivity (Wildman–Crippen MR) is 80.0 cm³/mol. The second-order valence-corrected chi connectivity index (χ2v) is 5.63. The van der Waals surface area contributed by atoms with Crippen LogP contribution in [0.1, 0.15) is 34.5 Å². The van der Waals surface area contributed by atoms with Crippen molar-refractivity contribution in [3.05, 3.63) is 71.3 Å². The van der Waals surface area contributed by atoms with Gasteiger partial charge in [0.1, 0.15) is 5.60 Å². The maximum Gasteiger partial charge on any atom is 0.254 e. The van der Waals surface area contributed by atoms with Gasteiger partial charge in [-0.2, -0.15) is 0 Å². The average molecular weight is 279 g/mol. The van der Waals surface area contributed by atoms with Gasteiger partial charge in [-0.1, -0.05) is 48.5 Å². The lowest BCUT2D eigenvalue weighted by Gasteiger charge is -2.29. The van der Waals surface area contributed by atoms with Crippen LogP contribution in [0, 0.1) is 0 Å². The summed E-state index contributed by atoms with van der Waals surface area (Å²) in [5.41, 5.74) is 2.68. The fourth-order valence-corrected chi connectivity index (χ4v) is 3.48. The number of carbonyl (C=O) groups excluding carboxylic acids is 1. The van der Waals surface area contributed by atoms with E-state index in [2.05, 4.69) is 18.2 Å². The lowest BCUT2D eigenvalue weighted by atomic mass is 9.87. The normalized spacial score (nSPS) is 26.8. The minimum absolute atomic E-state index is 0.0198. The number of amides is 1. The average Bonchev–Trinajstić information content (AvgIpc) is 3.29. The number of carbonyl (C=O) groups is 1. The molecule has 0 saturated carbocycles. The molecule has 106 valence electrons. The van der Waals surface area contributed by atoms with Crippen LogP contribution in [0.15, 0.2) is 54.6 Å². The van der Waals surface area contributed by atoms with E-state index in [1.807, 2.05) is 48.2 Å². The van der Waals surface area contributed by atoms with Crippen molar-refractivity contribution in [2.45, 2.75) is 18.6 Å². The first-order chi connectivity index (χ1) is 10.3. The molecule has 1 saturated heterocycles. The Morgan fingerprint density at radius 2 is 1.81 bits per heavy atom. The Morgan fingerprint density at radius 1 is 1.14 bits per heavy atom. The summed E-state index contributed by atoms with van der Waals surface area (Å²) >= 11 is 0. The van der Waals surface area contributed by atoms with Gasteiger partial charge in [0.2, 0.25) is 0 Å². The monoisotopic (exact) mass is 279 g/mol. The highest BCUT2D eigenvalue weighted by Crippen LogP contribution is 2.54. The van der Waals surface area contributed by atoms with Gasteiger partial charge >= 0.3 is 0 Å². The summed E-state index contributed by atoms with van der Waals surface area (Å²) in [7, 11) is 0. The number of hydrogen-bond donors (Lipinski definition) is 0. The fourth-order valence-electron chi connectivity index (χ4n) is 3.48. The molecule has 0 radical (unpaired) electrons. The number of fused-ring (bicyclic) bond motifs is 1. The van der Waals surface area contributed by atoms with Crippen LogP contribution < -0.4 is 0 Å². The maximum absolute atomic E-state index is 12.6. The van der Waals surface area contributed by atoms with E-state index in [0.29, 0.717) is 13.2 Å². The molecule has 2 aromatic rings. The molecule has 1 fully saturated rings. The summed E-state index contributed by atoms with van der Waals surface area (Å²) in [6.45, 7) is 3.38. The van der Waals surface area contributed by atoms with Gasteiger partial charge in [-0.05, 0) is 24.1 Å². The van der Waals surface area contributed by atoms with E-state index in [-0.39, 0.29) is 17.6 Å². The van der Waals surface area contributed by atoms with Crippen molar-refractivity contribution in [2.75, 3.05) is 13.2 Å². The molecule has 2 aliphatic heterocycles. The van der Waals surface area contributed by atoms with Gasteiger partial charge in [-0.15, -0.1) is 0 Å². The Bertz CT molecular complexity index is 691. The van der Waals surface area contributed by atoms with Crippen molar-refractivity contribution in [3.63, 3.8) is 0 Å². The lowest BCUT2D eigenvalue weighted by Crippen LogP contribution is -2.35. The van der Waals surface area contributed by atoms with Crippen LogP contribution in [0.5, 0.6) is 0 Å². The van der Waals surface area contributed by atoms with Gasteiger partial charge in [0, 0.05) is 12.1 Å². The molecular formula is C18H17NO2. The molecule has 3 nitrogen and oxygen atoms in total. The molecule has 0 spiro atoms. The molecule has 1 amide bonds. The summed E-state index contributed by atoms with van der Waals surface area (Å²) in [5, 5.41) is 0. The number of ether oxygens (including phenoxy) is 1. The Balaban J connectivity index is 1.86. The summed E-state index contributed by atoms with van der Waals surface area (Å²) in [4.78, 5) is 14.5. The van der Waals surface area contributed by atoms with Gasteiger partial charge in [0.05, 0.1) is 12.6 Å². The van der Waals surface area contributed by atoms with Crippen molar-refractivity contribution in [2.24, 2.45) is 0 Å². The molecular weight excluding hydrogens is 262 g/mol. The van der Waals surface area contributed by atoms with E-state index >= 15 is 0 Å². The van der Waals surface area contributed by atoms with Gasteiger partial charge in [-0.25, -0.2) is 0 Å². The van der Waals surface area contributed by atoms with E-state index in [0.717, 1.165) is 16.7 Å². The minimum atomic E-state index is -0.375. The van der Waals surface area contributed by atoms with E-state index in [9.17, 15) is 4.79 Å². The van der Waals surface area contributed by atoms with E-state index < -0.39 is 0 Å². The zero-order valence-electron chi connectivity index (χ0n) is 12.0. The highest BCUT2D eigenvalue weighted by Gasteiger charge is 2.59. The number of rotatable bonds is 3. The van der Waals surface area contributed by atoms with E-state index in [4.69, 9.17) is 4.74 Å². The van der Waals surface area contributed by atoms with Crippen LogP contribution in [0.2, 0.25) is 0 Å². The second-order valence-electron chi connectivity index (χ2n) is 5.63. The fraction of sp³-hybridized carbons (Fsp3) is 0.278. The molecule has 3 heteroatoms. The third-order valence-corrected chi connectivity index (χ3v) is 4.56. The highest BCUT2D eigenvalue weighted by atomic mass is 16.6. The third-order valence-electron chi connectivity index (χ3n) is 4.56. The zero-order valence-corrected chi connectivity index (χ0v) is 12.0. The largest absolute Gasteiger partial charge is 0.362 e. The molecule has 2 aromatic carbocycles. The first-order valence-electron chi connectivity index (χ1n) is 7.37. The van der Waals surface area contributed by atoms with Gasteiger partial charge < -0.3 is 9.64 Å². The van der Waals surface area contributed by atoms with Crippen molar-refractivity contribution in [1.29, 1.82) is 0 Å². The third kappa shape index (κ3) is 1.67. The van der Waals surface area contributed by atoms with Crippen molar-refractivity contribution in [1.82, 2.24) is 4.90 Å². The molecule has 0 unspecified atom stereocenters. The quantitative estimate of drug-likeness (QED) is 0.809. The Hall–Kier alpha value is -2.13. The molecule has 2 aliphatic rings. The van der Waals surface area contributed by atoms with Crippen LogP contribution in [-0.2, 0) is 10.3 Å². The van der Waals surface area contributed by atoms with E-state index in [1.165, 1.54) is 0 Å².